The highest BCUT2D eigenvalue weighted by Crippen LogP contribution is 2.42. The molecule has 1 fully saturated rings. The molecule has 8 nitrogen and oxygen atoms in total. The van der Waals surface area contributed by atoms with Crippen molar-refractivity contribution >= 4 is 45.5 Å². The number of ether oxygens (including phenoxy) is 1. The number of hydrogen-bond acceptors (Lipinski definition) is 7. The number of rotatable bonds is 5. The Bertz CT molecular complexity index is 1420. The highest BCUT2D eigenvalue weighted by atomic mass is 32.2. The summed E-state index contributed by atoms with van der Waals surface area (Å²) in [4.78, 5) is 20.0. The van der Waals surface area contributed by atoms with Crippen LogP contribution in [0.1, 0.15) is 34.3 Å². The molecule has 1 aromatic carbocycles. The van der Waals surface area contributed by atoms with E-state index in [4.69, 9.17) is 25.6 Å². The summed E-state index contributed by atoms with van der Waals surface area (Å²) in [6.45, 7) is 6.09. The van der Waals surface area contributed by atoms with Gasteiger partial charge in [-0.1, -0.05) is 6.07 Å². The SMILES string of the molecule is COc1ccc(C)c(-n2c(N)c(C(N)=O)c3c4occc4c(SC4CCN(C)CC4)nc32)c1C. The Balaban J connectivity index is 1.81. The Kier molecular flexibility index (Phi) is 5.69. The number of likely N-dealkylation sites (tertiary alicyclic amines) is 1. The molecule has 0 bridgehead atoms. The molecule has 1 aliphatic heterocycles. The number of methoxy groups -OCH3 is 1. The number of primary amides is 1. The predicted octanol–water partition coefficient (Wildman–Crippen LogP) is 4.26. The molecule has 1 aliphatic rings. The highest BCUT2D eigenvalue weighted by Gasteiger charge is 2.29. The molecule has 0 atom stereocenters. The van der Waals surface area contributed by atoms with Crippen LogP contribution in [0.5, 0.6) is 5.75 Å². The van der Waals surface area contributed by atoms with Gasteiger partial charge in [0.2, 0.25) is 0 Å². The van der Waals surface area contributed by atoms with E-state index in [0.29, 0.717) is 21.9 Å². The third-order valence-electron chi connectivity index (χ3n) is 6.73. The quantitative estimate of drug-likeness (QED) is 0.440. The fourth-order valence-electron chi connectivity index (χ4n) is 4.93. The van der Waals surface area contributed by atoms with Crippen molar-refractivity contribution in [2.75, 3.05) is 33.0 Å². The number of thioether (sulfide) groups is 1. The number of carbonyl (C=O) groups is 1. The minimum Gasteiger partial charge on any atom is -0.496 e. The van der Waals surface area contributed by atoms with Crippen molar-refractivity contribution in [3.05, 3.63) is 41.2 Å². The van der Waals surface area contributed by atoms with Gasteiger partial charge in [0.15, 0.2) is 5.65 Å². The molecule has 4 N–H and O–H groups in total. The van der Waals surface area contributed by atoms with Gasteiger partial charge in [0.25, 0.3) is 5.91 Å². The first-order valence-corrected chi connectivity index (χ1v) is 12.2. The fourth-order valence-corrected chi connectivity index (χ4v) is 6.12. The van der Waals surface area contributed by atoms with Crippen LogP contribution in [0.15, 0.2) is 33.9 Å². The summed E-state index contributed by atoms with van der Waals surface area (Å²) in [5.74, 6) is 0.353. The number of nitrogens with zero attached hydrogens (tertiary/aromatic N) is 3. The predicted molar refractivity (Wildman–Crippen MR) is 136 cm³/mol. The molecule has 0 unspecified atom stereocenters. The number of nitrogen functional groups attached to an aromatic ring is 1. The van der Waals surface area contributed by atoms with Crippen molar-refractivity contribution in [3.63, 3.8) is 0 Å². The molecule has 0 radical (unpaired) electrons. The van der Waals surface area contributed by atoms with Crippen LogP contribution in [-0.4, -0.2) is 52.9 Å². The van der Waals surface area contributed by atoms with Gasteiger partial charge < -0.3 is 25.5 Å². The number of hydrogen-bond donors (Lipinski definition) is 2. The van der Waals surface area contributed by atoms with E-state index in [-0.39, 0.29) is 11.4 Å². The minimum absolute atomic E-state index is 0.222. The Labute approximate surface area is 202 Å². The number of nitrogens with two attached hydrogens (primary N) is 2. The van der Waals surface area contributed by atoms with E-state index in [9.17, 15) is 4.79 Å². The van der Waals surface area contributed by atoms with E-state index in [1.165, 1.54) is 0 Å². The van der Waals surface area contributed by atoms with Crippen LogP contribution >= 0.6 is 11.8 Å². The largest absolute Gasteiger partial charge is 0.496 e. The van der Waals surface area contributed by atoms with E-state index in [1.54, 1.807) is 25.1 Å². The number of anilines is 1. The fraction of sp³-hybridized carbons (Fsp3) is 0.360. The summed E-state index contributed by atoms with van der Waals surface area (Å²) >= 11 is 1.77. The van der Waals surface area contributed by atoms with E-state index >= 15 is 0 Å². The van der Waals surface area contributed by atoms with Gasteiger partial charge in [-0.2, -0.15) is 0 Å². The van der Waals surface area contributed by atoms with E-state index in [1.807, 2.05) is 36.6 Å². The summed E-state index contributed by atoms with van der Waals surface area (Å²) in [7, 11) is 3.79. The van der Waals surface area contributed by atoms with Crippen molar-refractivity contribution in [2.45, 2.75) is 37.0 Å². The van der Waals surface area contributed by atoms with Crippen molar-refractivity contribution in [3.8, 4) is 11.4 Å². The number of aryl methyl sites for hydroxylation is 1. The Morgan fingerprint density at radius 1 is 1.24 bits per heavy atom. The van der Waals surface area contributed by atoms with Gasteiger partial charge in [-0.25, -0.2) is 4.98 Å². The van der Waals surface area contributed by atoms with Crippen LogP contribution in [0.25, 0.3) is 27.7 Å². The van der Waals surface area contributed by atoms with Crippen LogP contribution in [-0.2, 0) is 0 Å². The third kappa shape index (κ3) is 3.50. The van der Waals surface area contributed by atoms with Gasteiger partial charge in [0.05, 0.1) is 35.4 Å². The molecule has 4 aromatic rings. The lowest BCUT2D eigenvalue weighted by Crippen LogP contribution is -2.31. The molecule has 0 aliphatic carbocycles. The monoisotopic (exact) mass is 479 g/mol. The number of pyridine rings is 1. The Hall–Kier alpha value is -3.17. The lowest BCUT2D eigenvalue weighted by Gasteiger charge is -2.28. The molecule has 1 amide bonds. The second kappa shape index (κ2) is 8.56. The zero-order chi connectivity index (χ0) is 24.1. The first-order chi connectivity index (χ1) is 16.3. The number of carbonyl (C=O) groups excluding carboxylic acids is 1. The molecule has 0 spiro atoms. The second-order valence-corrected chi connectivity index (χ2v) is 10.2. The molecule has 1 saturated heterocycles. The van der Waals surface area contributed by atoms with Gasteiger partial charge in [-0.05, 0) is 64.5 Å². The van der Waals surface area contributed by atoms with E-state index < -0.39 is 5.91 Å². The number of piperidine rings is 1. The average Bonchev–Trinajstić information content (AvgIpc) is 3.39. The maximum Gasteiger partial charge on any atom is 0.253 e. The minimum atomic E-state index is -0.616. The number of furan rings is 1. The summed E-state index contributed by atoms with van der Waals surface area (Å²) in [6, 6.07) is 5.79. The van der Waals surface area contributed by atoms with Crippen molar-refractivity contribution in [2.24, 2.45) is 5.73 Å². The standard InChI is InChI=1S/C25H29N5O3S/c1-13-5-6-17(32-4)14(2)20(13)30-22(26)19(23(27)31)18-21-16(9-12-33-21)25(28-24(18)30)34-15-7-10-29(3)11-8-15/h5-6,9,12,15H,7-8,10-11,26H2,1-4H3,(H2,27,31). The second-order valence-electron chi connectivity index (χ2n) is 8.92. The van der Waals surface area contributed by atoms with Crippen LogP contribution < -0.4 is 16.2 Å². The van der Waals surface area contributed by atoms with Crippen LogP contribution in [0.2, 0.25) is 0 Å². The van der Waals surface area contributed by atoms with E-state index in [0.717, 1.165) is 58.9 Å². The van der Waals surface area contributed by atoms with E-state index in [2.05, 4.69) is 11.9 Å². The summed E-state index contributed by atoms with van der Waals surface area (Å²) in [5, 5.41) is 2.74. The molecule has 3 aromatic heterocycles. The summed E-state index contributed by atoms with van der Waals surface area (Å²) in [6.07, 6.45) is 3.80. The van der Waals surface area contributed by atoms with Crippen LogP contribution in [0.3, 0.4) is 0 Å². The first kappa shape index (κ1) is 22.6. The maximum absolute atomic E-state index is 12.6. The molecule has 34 heavy (non-hydrogen) atoms. The summed E-state index contributed by atoms with van der Waals surface area (Å²) in [5.41, 5.74) is 16.5. The molecular formula is C25H29N5O3S. The Morgan fingerprint density at radius 3 is 2.65 bits per heavy atom. The molecule has 4 heterocycles. The van der Waals surface area contributed by atoms with Gasteiger partial charge in [0.1, 0.15) is 22.2 Å². The van der Waals surface area contributed by atoms with Crippen LogP contribution in [0.4, 0.5) is 5.82 Å². The average molecular weight is 480 g/mol. The lowest BCUT2D eigenvalue weighted by molar-refractivity contribution is 0.100. The molecular weight excluding hydrogens is 450 g/mol. The Morgan fingerprint density at radius 2 is 1.97 bits per heavy atom. The van der Waals surface area contributed by atoms with Crippen molar-refractivity contribution in [1.82, 2.24) is 14.5 Å². The number of fused-ring (bicyclic) bond motifs is 3. The van der Waals surface area contributed by atoms with Gasteiger partial charge in [-0.3, -0.25) is 9.36 Å². The topological polar surface area (TPSA) is 113 Å². The van der Waals surface area contributed by atoms with Gasteiger partial charge in [0, 0.05) is 10.8 Å². The number of aromatic nitrogens is 2. The lowest BCUT2D eigenvalue weighted by atomic mass is 10.1. The molecule has 0 saturated carbocycles. The van der Waals surface area contributed by atoms with Gasteiger partial charge in [-0.15, -0.1) is 11.8 Å². The summed E-state index contributed by atoms with van der Waals surface area (Å²) < 4.78 is 13.3. The highest BCUT2D eigenvalue weighted by molar-refractivity contribution is 8.00. The van der Waals surface area contributed by atoms with Crippen LogP contribution in [0, 0.1) is 13.8 Å². The molecule has 178 valence electrons. The van der Waals surface area contributed by atoms with Crippen molar-refractivity contribution in [1.29, 1.82) is 0 Å². The normalized spacial score (nSPS) is 15.4. The zero-order valence-electron chi connectivity index (χ0n) is 19.8. The molecule has 5 rings (SSSR count). The number of amides is 1. The smallest absolute Gasteiger partial charge is 0.253 e. The number of benzene rings is 1. The third-order valence-corrected chi connectivity index (χ3v) is 8.07. The zero-order valence-corrected chi connectivity index (χ0v) is 20.7. The van der Waals surface area contributed by atoms with Gasteiger partial charge >= 0.3 is 0 Å². The maximum atomic E-state index is 12.6. The molecule has 9 heteroatoms. The van der Waals surface area contributed by atoms with Crippen molar-refractivity contribution < 1.29 is 13.9 Å². The first-order valence-electron chi connectivity index (χ1n) is 11.3.